The molecule has 0 fully saturated rings. The lowest BCUT2D eigenvalue weighted by atomic mass is 10.2. The summed E-state index contributed by atoms with van der Waals surface area (Å²) < 4.78 is 5.63. The van der Waals surface area contributed by atoms with Gasteiger partial charge in [-0.3, -0.25) is 15.1 Å². The fourth-order valence-corrected chi connectivity index (χ4v) is 1.74. The molecule has 0 N–H and O–H groups in total. The van der Waals surface area contributed by atoms with Gasteiger partial charge in [-0.25, -0.2) is 0 Å². The Balaban J connectivity index is 2.10. The van der Waals surface area contributed by atoms with Crippen molar-refractivity contribution in [2.45, 2.75) is 20.5 Å². The summed E-state index contributed by atoms with van der Waals surface area (Å²) in [6.45, 7) is 4.05. The molecular formula is C14H14N2O3. The van der Waals surface area contributed by atoms with Gasteiger partial charge in [0.25, 0.3) is 5.69 Å². The fraction of sp³-hybridized carbons (Fsp3) is 0.214. The topological polar surface area (TPSA) is 65.3 Å². The first kappa shape index (κ1) is 13.0. The molecule has 0 saturated carbocycles. The van der Waals surface area contributed by atoms with Crippen molar-refractivity contribution < 1.29 is 9.66 Å². The monoisotopic (exact) mass is 258 g/mol. The van der Waals surface area contributed by atoms with Gasteiger partial charge in [-0.1, -0.05) is 6.07 Å². The normalized spacial score (nSPS) is 10.2. The van der Waals surface area contributed by atoms with Gasteiger partial charge in [0.05, 0.1) is 10.6 Å². The minimum Gasteiger partial charge on any atom is -0.487 e. The van der Waals surface area contributed by atoms with Crippen molar-refractivity contribution in [3.8, 4) is 5.75 Å². The number of aryl methyl sites for hydroxylation is 2. The number of nitro groups is 1. The summed E-state index contributed by atoms with van der Waals surface area (Å²) in [7, 11) is 0. The van der Waals surface area contributed by atoms with E-state index in [0.29, 0.717) is 12.4 Å². The number of nitro benzene ring substituents is 1. The molecule has 0 bridgehead atoms. The van der Waals surface area contributed by atoms with E-state index in [1.807, 2.05) is 25.1 Å². The van der Waals surface area contributed by atoms with E-state index in [0.717, 1.165) is 17.0 Å². The van der Waals surface area contributed by atoms with Crippen LogP contribution in [0, 0.1) is 24.0 Å². The van der Waals surface area contributed by atoms with Gasteiger partial charge in [-0.05, 0) is 37.6 Å². The second-order valence-electron chi connectivity index (χ2n) is 4.27. The number of benzene rings is 1. The third kappa shape index (κ3) is 3.28. The number of pyridine rings is 1. The van der Waals surface area contributed by atoms with Crippen molar-refractivity contribution in [2.24, 2.45) is 0 Å². The SMILES string of the molecule is Cc1cccc(COc2ccc([N+](=O)[O-])cc2C)n1. The summed E-state index contributed by atoms with van der Waals surface area (Å²) in [5.41, 5.74) is 2.57. The van der Waals surface area contributed by atoms with E-state index in [-0.39, 0.29) is 5.69 Å². The molecule has 1 aromatic carbocycles. The highest BCUT2D eigenvalue weighted by Gasteiger charge is 2.09. The van der Waals surface area contributed by atoms with Crippen molar-refractivity contribution in [3.63, 3.8) is 0 Å². The lowest BCUT2D eigenvalue weighted by Crippen LogP contribution is -2.00. The van der Waals surface area contributed by atoms with Crippen molar-refractivity contribution in [2.75, 3.05) is 0 Å². The van der Waals surface area contributed by atoms with Crippen LogP contribution in [0.15, 0.2) is 36.4 Å². The molecular weight excluding hydrogens is 244 g/mol. The number of nitrogens with zero attached hydrogens (tertiary/aromatic N) is 2. The van der Waals surface area contributed by atoms with Crippen molar-refractivity contribution in [3.05, 3.63) is 63.5 Å². The van der Waals surface area contributed by atoms with Crippen LogP contribution in [0.1, 0.15) is 17.0 Å². The van der Waals surface area contributed by atoms with Crippen LogP contribution >= 0.6 is 0 Å². The molecule has 19 heavy (non-hydrogen) atoms. The highest BCUT2D eigenvalue weighted by atomic mass is 16.6. The minimum absolute atomic E-state index is 0.0681. The molecule has 98 valence electrons. The molecule has 5 nitrogen and oxygen atoms in total. The van der Waals surface area contributed by atoms with Crippen LogP contribution in [-0.2, 0) is 6.61 Å². The van der Waals surface area contributed by atoms with Crippen LogP contribution in [0.25, 0.3) is 0 Å². The Kier molecular flexibility index (Phi) is 3.75. The van der Waals surface area contributed by atoms with Crippen LogP contribution in [0.5, 0.6) is 5.75 Å². The van der Waals surface area contributed by atoms with Gasteiger partial charge in [0.1, 0.15) is 12.4 Å². The first-order valence-corrected chi connectivity index (χ1v) is 5.86. The van der Waals surface area contributed by atoms with E-state index in [1.54, 1.807) is 13.0 Å². The summed E-state index contributed by atoms with van der Waals surface area (Å²) in [5, 5.41) is 10.6. The predicted molar refractivity (Wildman–Crippen MR) is 71.1 cm³/mol. The molecule has 0 saturated heterocycles. The zero-order valence-corrected chi connectivity index (χ0v) is 10.8. The molecule has 0 atom stereocenters. The summed E-state index contributed by atoms with van der Waals surface area (Å²) in [6, 6.07) is 10.3. The van der Waals surface area contributed by atoms with E-state index in [4.69, 9.17) is 4.74 Å². The Labute approximate surface area is 111 Å². The van der Waals surface area contributed by atoms with Gasteiger partial charge in [0, 0.05) is 17.8 Å². The van der Waals surface area contributed by atoms with E-state index < -0.39 is 4.92 Å². The number of aromatic nitrogens is 1. The summed E-state index contributed by atoms with van der Waals surface area (Å²) in [4.78, 5) is 14.5. The van der Waals surface area contributed by atoms with Crippen LogP contribution in [0.4, 0.5) is 5.69 Å². The first-order valence-electron chi connectivity index (χ1n) is 5.86. The summed E-state index contributed by atoms with van der Waals surface area (Å²) in [5.74, 6) is 0.633. The molecule has 0 spiro atoms. The number of non-ortho nitro benzene ring substituents is 1. The van der Waals surface area contributed by atoms with Crippen molar-refractivity contribution in [1.82, 2.24) is 4.98 Å². The maximum absolute atomic E-state index is 10.6. The average molecular weight is 258 g/mol. The largest absolute Gasteiger partial charge is 0.487 e. The molecule has 0 radical (unpaired) electrons. The van der Waals surface area contributed by atoms with E-state index in [2.05, 4.69) is 4.98 Å². The molecule has 0 unspecified atom stereocenters. The third-order valence-electron chi connectivity index (χ3n) is 2.69. The molecule has 0 aliphatic carbocycles. The third-order valence-corrected chi connectivity index (χ3v) is 2.69. The van der Waals surface area contributed by atoms with Gasteiger partial charge in [0.15, 0.2) is 0 Å². The molecule has 0 aliphatic rings. The Morgan fingerprint density at radius 2 is 2.05 bits per heavy atom. The second kappa shape index (κ2) is 5.48. The van der Waals surface area contributed by atoms with Gasteiger partial charge in [-0.15, -0.1) is 0 Å². The van der Waals surface area contributed by atoms with E-state index in [1.165, 1.54) is 12.1 Å². The quantitative estimate of drug-likeness (QED) is 0.624. The zero-order valence-electron chi connectivity index (χ0n) is 10.8. The van der Waals surface area contributed by atoms with Crippen LogP contribution < -0.4 is 4.74 Å². The Bertz CT molecular complexity index is 611. The lowest BCUT2D eigenvalue weighted by molar-refractivity contribution is -0.384. The van der Waals surface area contributed by atoms with E-state index >= 15 is 0 Å². The Hall–Kier alpha value is -2.43. The molecule has 1 aromatic heterocycles. The van der Waals surface area contributed by atoms with Gasteiger partial charge < -0.3 is 4.74 Å². The van der Waals surface area contributed by atoms with Crippen molar-refractivity contribution in [1.29, 1.82) is 0 Å². The minimum atomic E-state index is -0.418. The molecule has 2 rings (SSSR count). The molecule has 5 heteroatoms. The number of hydrogen-bond acceptors (Lipinski definition) is 4. The highest BCUT2D eigenvalue weighted by Crippen LogP contribution is 2.23. The summed E-state index contributed by atoms with van der Waals surface area (Å²) >= 11 is 0. The Morgan fingerprint density at radius 1 is 1.26 bits per heavy atom. The van der Waals surface area contributed by atoms with Crippen LogP contribution in [-0.4, -0.2) is 9.91 Å². The standard InChI is InChI=1S/C14H14N2O3/c1-10-8-13(16(17)18)6-7-14(10)19-9-12-5-3-4-11(2)15-12/h3-8H,9H2,1-2H3. The summed E-state index contributed by atoms with van der Waals surface area (Å²) in [6.07, 6.45) is 0. The molecule has 0 amide bonds. The highest BCUT2D eigenvalue weighted by molar-refractivity contribution is 5.42. The maximum atomic E-state index is 10.6. The van der Waals surface area contributed by atoms with Crippen LogP contribution in [0.3, 0.4) is 0 Å². The fourth-order valence-electron chi connectivity index (χ4n) is 1.74. The first-order chi connectivity index (χ1) is 9.06. The maximum Gasteiger partial charge on any atom is 0.269 e. The van der Waals surface area contributed by atoms with Crippen LogP contribution in [0.2, 0.25) is 0 Å². The van der Waals surface area contributed by atoms with Gasteiger partial charge in [0.2, 0.25) is 0 Å². The molecule has 1 heterocycles. The predicted octanol–water partition coefficient (Wildman–Crippen LogP) is 3.19. The lowest BCUT2D eigenvalue weighted by Gasteiger charge is -2.08. The van der Waals surface area contributed by atoms with Crippen molar-refractivity contribution >= 4 is 5.69 Å². The Morgan fingerprint density at radius 3 is 2.68 bits per heavy atom. The van der Waals surface area contributed by atoms with Gasteiger partial charge in [-0.2, -0.15) is 0 Å². The average Bonchev–Trinajstić information content (AvgIpc) is 2.37. The number of rotatable bonds is 4. The number of ether oxygens (including phenoxy) is 1. The molecule has 2 aromatic rings. The molecule has 0 aliphatic heterocycles. The number of hydrogen-bond donors (Lipinski definition) is 0. The van der Waals surface area contributed by atoms with Gasteiger partial charge >= 0.3 is 0 Å². The zero-order chi connectivity index (χ0) is 13.8. The van der Waals surface area contributed by atoms with E-state index in [9.17, 15) is 10.1 Å². The smallest absolute Gasteiger partial charge is 0.269 e. The second-order valence-corrected chi connectivity index (χ2v) is 4.27.